The highest BCUT2D eigenvalue weighted by atomic mass is 35.5. The van der Waals surface area contributed by atoms with Gasteiger partial charge in [-0.05, 0) is 30.3 Å². The van der Waals surface area contributed by atoms with Crippen molar-refractivity contribution in [2.45, 2.75) is 0 Å². The second kappa shape index (κ2) is 9.35. The van der Waals surface area contributed by atoms with E-state index in [0.717, 1.165) is 22.5 Å². The fourth-order valence-corrected chi connectivity index (χ4v) is 5.36. The summed E-state index contributed by atoms with van der Waals surface area (Å²) in [6.07, 6.45) is 0. The van der Waals surface area contributed by atoms with Gasteiger partial charge in [-0.3, -0.25) is 0 Å². The molecule has 0 saturated heterocycles. The maximum absolute atomic E-state index is 16.1. The van der Waals surface area contributed by atoms with Crippen molar-refractivity contribution in [3.63, 3.8) is 0 Å². The number of nitrogens with two attached hydrogens (primary N) is 1. The molecule has 4 aromatic carbocycles. The monoisotopic (exact) mass is 526 g/mol. The van der Waals surface area contributed by atoms with Crippen LogP contribution in [0.25, 0.3) is 32.2 Å². The van der Waals surface area contributed by atoms with E-state index < -0.39 is 11.6 Å². The zero-order valence-corrected chi connectivity index (χ0v) is 20.7. The lowest BCUT2D eigenvalue weighted by Crippen LogP contribution is -2.03. The second-order valence-corrected chi connectivity index (χ2v) is 9.74. The van der Waals surface area contributed by atoms with Gasteiger partial charge in [-0.2, -0.15) is 0 Å². The van der Waals surface area contributed by atoms with Crippen molar-refractivity contribution in [1.82, 2.24) is 9.97 Å². The molecule has 0 bridgehead atoms. The zero-order valence-electron chi connectivity index (χ0n) is 19.1. The van der Waals surface area contributed by atoms with Gasteiger partial charge < -0.3 is 5.73 Å². The number of aromatic nitrogens is 2. The van der Waals surface area contributed by atoms with Crippen molar-refractivity contribution in [3.8, 4) is 11.1 Å². The van der Waals surface area contributed by atoms with E-state index in [1.54, 1.807) is 18.2 Å². The van der Waals surface area contributed by atoms with E-state index in [4.69, 9.17) is 22.3 Å². The zero-order chi connectivity index (χ0) is 25.5. The summed E-state index contributed by atoms with van der Waals surface area (Å²) in [7, 11) is 0. The van der Waals surface area contributed by atoms with Crippen LogP contribution in [0.2, 0.25) is 5.02 Å². The Morgan fingerprint density at radius 3 is 2.16 bits per heavy atom. The fraction of sp³-hybridized carbons (Fsp3) is 0. The summed E-state index contributed by atoms with van der Waals surface area (Å²) in [6.45, 7) is 0. The van der Waals surface area contributed by atoms with E-state index in [1.807, 2.05) is 60.7 Å². The van der Waals surface area contributed by atoms with Gasteiger partial charge in [-0.25, -0.2) is 23.7 Å². The van der Waals surface area contributed by atoms with Crippen molar-refractivity contribution in [2.24, 2.45) is 4.99 Å². The number of thiazole rings is 1. The highest BCUT2D eigenvalue weighted by molar-refractivity contribution is 7.22. The molecule has 6 aromatic rings. The maximum Gasteiger partial charge on any atom is 0.181 e. The third kappa shape index (κ3) is 4.22. The standard InChI is InChI=1S/C29H17ClF2N4S/c30-20-15-18-11-14-22(34-25(16-7-3-1-4-8-16)17-9-5-2-6-10-17)35-26(18)24(32)23(20)19-12-13-21(31)28-27(19)36-29(33)37-28/h1-15H,(H2,33,36). The summed E-state index contributed by atoms with van der Waals surface area (Å²) in [4.78, 5) is 13.6. The van der Waals surface area contributed by atoms with E-state index in [1.165, 1.54) is 12.1 Å². The van der Waals surface area contributed by atoms with E-state index in [0.29, 0.717) is 22.5 Å². The lowest BCUT2D eigenvalue weighted by atomic mass is 10.0. The van der Waals surface area contributed by atoms with Gasteiger partial charge in [0, 0.05) is 27.6 Å². The molecule has 0 aliphatic heterocycles. The highest BCUT2D eigenvalue weighted by Gasteiger charge is 2.21. The van der Waals surface area contributed by atoms with Crippen LogP contribution in [-0.2, 0) is 0 Å². The van der Waals surface area contributed by atoms with Crippen LogP contribution in [0.5, 0.6) is 0 Å². The molecule has 2 N–H and O–H groups in total. The number of aliphatic imine (C=N–C) groups is 1. The van der Waals surface area contributed by atoms with Gasteiger partial charge >= 0.3 is 0 Å². The molecular weight excluding hydrogens is 510 g/mol. The van der Waals surface area contributed by atoms with E-state index >= 15 is 4.39 Å². The SMILES string of the molecule is Nc1nc2c(-c3c(Cl)cc4ccc(N=C(c5ccccc5)c5ccccc5)nc4c3F)ccc(F)c2s1. The second-order valence-electron chi connectivity index (χ2n) is 8.31. The van der Waals surface area contributed by atoms with Gasteiger partial charge in [0.15, 0.2) is 16.8 Å². The summed E-state index contributed by atoms with van der Waals surface area (Å²) >= 11 is 7.53. The van der Waals surface area contributed by atoms with Crippen LogP contribution in [-0.4, -0.2) is 15.7 Å². The largest absolute Gasteiger partial charge is 0.375 e. The summed E-state index contributed by atoms with van der Waals surface area (Å²) in [5.74, 6) is -0.779. The lowest BCUT2D eigenvalue weighted by molar-refractivity contribution is 0.638. The normalized spacial score (nSPS) is 11.2. The minimum absolute atomic E-state index is 0.0874. The van der Waals surface area contributed by atoms with Crippen LogP contribution in [0.1, 0.15) is 11.1 Å². The smallest absolute Gasteiger partial charge is 0.181 e. The predicted molar refractivity (Wildman–Crippen MR) is 148 cm³/mol. The Balaban J connectivity index is 1.56. The fourth-order valence-electron chi connectivity index (χ4n) is 4.29. The van der Waals surface area contributed by atoms with E-state index in [9.17, 15) is 4.39 Å². The van der Waals surface area contributed by atoms with Crippen LogP contribution in [0.15, 0.2) is 96.0 Å². The molecule has 0 aliphatic rings. The molecular formula is C29H17ClF2N4S. The lowest BCUT2D eigenvalue weighted by Gasteiger charge is -2.11. The molecule has 0 unspecified atom stereocenters. The Morgan fingerprint density at radius 1 is 0.811 bits per heavy atom. The predicted octanol–water partition coefficient (Wildman–Crippen LogP) is 8.19. The molecule has 180 valence electrons. The molecule has 6 rings (SSSR count). The quantitative estimate of drug-likeness (QED) is 0.235. The number of hydrogen-bond acceptors (Lipinski definition) is 5. The average molecular weight is 527 g/mol. The Morgan fingerprint density at radius 2 is 1.49 bits per heavy atom. The first kappa shape index (κ1) is 23.2. The number of fused-ring (bicyclic) bond motifs is 2. The number of rotatable bonds is 4. The molecule has 0 fully saturated rings. The van der Waals surface area contributed by atoms with Gasteiger partial charge in [0.05, 0.1) is 21.0 Å². The topological polar surface area (TPSA) is 64.2 Å². The van der Waals surface area contributed by atoms with Crippen molar-refractivity contribution in [1.29, 1.82) is 0 Å². The summed E-state index contributed by atoms with van der Waals surface area (Å²) in [5.41, 5.74) is 9.13. The minimum Gasteiger partial charge on any atom is -0.375 e. The van der Waals surface area contributed by atoms with E-state index in [2.05, 4.69) is 9.97 Å². The first-order chi connectivity index (χ1) is 18.0. The van der Waals surface area contributed by atoms with Crippen molar-refractivity contribution in [2.75, 3.05) is 5.73 Å². The van der Waals surface area contributed by atoms with E-state index in [-0.39, 0.29) is 31.5 Å². The molecule has 4 nitrogen and oxygen atoms in total. The molecule has 2 heterocycles. The van der Waals surface area contributed by atoms with Crippen molar-refractivity contribution in [3.05, 3.63) is 119 Å². The molecule has 0 amide bonds. The van der Waals surface area contributed by atoms with Crippen LogP contribution in [0.4, 0.5) is 19.7 Å². The summed E-state index contributed by atoms with van der Waals surface area (Å²) < 4.78 is 30.7. The number of anilines is 1. The van der Waals surface area contributed by atoms with Gasteiger partial charge in [0.1, 0.15) is 11.3 Å². The van der Waals surface area contributed by atoms with Crippen molar-refractivity contribution >= 4 is 60.7 Å². The molecule has 0 atom stereocenters. The molecule has 2 aromatic heterocycles. The number of halogens is 3. The summed E-state index contributed by atoms with van der Waals surface area (Å²) in [6, 6.07) is 27.3. The molecule has 0 aliphatic carbocycles. The highest BCUT2D eigenvalue weighted by Crippen LogP contribution is 2.41. The Kier molecular flexibility index (Phi) is 5.87. The first-order valence-electron chi connectivity index (χ1n) is 11.3. The number of nitrogen functional groups attached to an aromatic ring is 1. The van der Waals surface area contributed by atoms with Crippen LogP contribution >= 0.6 is 22.9 Å². The minimum atomic E-state index is -0.639. The Labute approximate surface area is 219 Å². The molecule has 8 heteroatoms. The molecule has 0 saturated carbocycles. The number of benzene rings is 4. The van der Waals surface area contributed by atoms with Gasteiger partial charge in [-0.15, -0.1) is 0 Å². The summed E-state index contributed by atoms with van der Waals surface area (Å²) in [5, 5.41) is 0.863. The van der Waals surface area contributed by atoms with Gasteiger partial charge in [0.2, 0.25) is 0 Å². The number of hydrogen-bond donors (Lipinski definition) is 1. The Bertz CT molecular complexity index is 1780. The van der Waals surface area contributed by atoms with Crippen LogP contribution < -0.4 is 5.73 Å². The molecule has 0 radical (unpaired) electrons. The third-order valence-electron chi connectivity index (χ3n) is 5.96. The number of pyridine rings is 1. The van der Waals surface area contributed by atoms with Gasteiger partial charge in [-0.1, -0.05) is 83.6 Å². The first-order valence-corrected chi connectivity index (χ1v) is 12.5. The van der Waals surface area contributed by atoms with Crippen LogP contribution in [0, 0.1) is 11.6 Å². The third-order valence-corrected chi connectivity index (χ3v) is 7.15. The maximum atomic E-state index is 16.1. The number of nitrogens with zero attached hydrogens (tertiary/aromatic N) is 3. The Hall–Kier alpha value is -4.20. The molecule has 37 heavy (non-hydrogen) atoms. The van der Waals surface area contributed by atoms with Gasteiger partial charge in [0.25, 0.3) is 0 Å². The van der Waals surface area contributed by atoms with Crippen LogP contribution in [0.3, 0.4) is 0 Å². The molecule has 0 spiro atoms. The average Bonchev–Trinajstić information content (AvgIpc) is 3.32. The van der Waals surface area contributed by atoms with Crippen molar-refractivity contribution < 1.29 is 8.78 Å².